The lowest BCUT2D eigenvalue weighted by molar-refractivity contribution is -0.939. The summed E-state index contributed by atoms with van der Waals surface area (Å²) in [7, 11) is 0. The molecule has 0 radical (unpaired) electrons. The molecular weight excluding hydrogens is 300 g/mol. The molecule has 0 spiro atoms. The van der Waals surface area contributed by atoms with Crippen molar-refractivity contribution in [3.05, 3.63) is 46.5 Å². The van der Waals surface area contributed by atoms with Gasteiger partial charge in [0.25, 0.3) is 5.91 Å². The summed E-state index contributed by atoms with van der Waals surface area (Å²) in [6.45, 7) is 5.53. The van der Waals surface area contributed by atoms with Gasteiger partial charge in [-0.1, -0.05) is 6.07 Å². The number of ether oxygens (including phenoxy) is 1. The average molecular weight is 321 g/mol. The van der Waals surface area contributed by atoms with Gasteiger partial charge < -0.3 is 19.4 Å². The van der Waals surface area contributed by atoms with E-state index < -0.39 is 0 Å². The highest BCUT2D eigenvalue weighted by molar-refractivity contribution is 7.10. The van der Waals surface area contributed by atoms with E-state index in [1.165, 1.54) is 16.0 Å². The minimum atomic E-state index is -0.160. The predicted octanol–water partition coefficient (Wildman–Crippen LogP) is 1.12. The van der Waals surface area contributed by atoms with E-state index >= 15 is 0 Å². The molecule has 2 N–H and O–H groups in total. The van der Waals surface area contributed by atoms with Gasteiger partial charge in [-0.25, -0.2) is 0 Å². The second kappa shape index (κ2) is 7.09. The van der Waals surface area contributed by atoms with Crippen molar-refractivity contribution < 1.29 is 18.8 Å². The molecule has 0 saturated carbocycles. The first-order chi connectivity index (χ1) is 10.8. The molecule has 0 aliphatic carbocycles. The fourth-order valence-electron chi connectivity index (χ4n) is 2.98. The summed E-state index contributed by atoms with van der Waals surface area (Å²) in [4.78, 5) is 15.0. The van der Waals surface area contributed by atoms with Gasteiger partial charge in [0, 0.05) is 0 Å². The van der Waals surface area contributed by atoms with Gasteiger partial charge in [-0.3, -0.25) is 4.79 Å². The Morgan fingerprint density at radius 1 is 1.32 bits per heavy atom. The van der Waals surface area contributed by atoms with Gasteiger partial charge in [-0.2, -0.15) is 0 Å². The van der Waals surface area contributed by atoms with E-state index in [4.69, 9.17) is 9.15 Å². The first kappa shape index (κ1) is 15.3. The molecule has 3 heterocycles. The lowest BCUT2D eigenvalue weighted by Gasteiger charge is -2.34. The molecule has 0 bridgehead atoms. The quantitative estimate of drug-likeness (QED) is 0.868. The largest absolute Gasteiger partial charge is 0.459 e. The molecule has 5 nitrogen and oxygen atoms in total. The summed E-state index contributed by atoms with van der Waals surface area (Å²) in [5.41, 5.74) is 0. The molecular formula is C16H21N2O3S+. The van der Waals surface area contributed by atoms with Crippen LogP contribution in [0.3, 0.4) is 0 Å². The van der Waals surface area contributed by atoms with Gasteiger partial charge in [-0.05, 0) is 30.5 Å². The van der Waals surface area contributed by atoms with Crippen LogP contribution in [-0.2, 0) is 4.74 Å². The number of hydrogen-bond donors (Lipinski definition) is 2. The number of nitrogens with one attached hydrogen (secondary N) is 2. The third-order valence-corrected chi connectivity index (χ3v) is 4.98. The molecule has 22 heavy (non-hydrogen) atoms. The monoisotopic (exact) mass is 321 g/mol. The molecule has 1 saturated heterocycles. The highest BCUT2D eigenvalue weighted by atomic mass is 32.1. The van der Waals surface area contributed by atoms with Crippen molar-refractivity contribution in [3.8, 4) is 0 Å². The van der Waals surface area contributed by atoms with Crippen LogP contribution in [0.2, 0.25) is 0 Å². The minimum absolute atomic E-state index is 0.0179. The maximum atomic E-state index is 12.2. The topological polar surface area (TPSA) is 55.9 Å². The molecule has 2 atom stereocenters. The van der Waals surface area contributed by atoms with E-state index in [0.717, 1.165) is 26.3 Å². The maximum Gasteiger partial charge on any atom is 0.287 e. The summed E-state index contributed by atoms with van der Waals surface area (Å²) in [5, 5.41) is 5.17. The van der Waals surface area contributed by atoms with E-state index in [2.05, 4.69) is 29.8 Å². The summed E-state index contributed by atoms with van der Waals surface area (Å²) in [6, 6.07) is 7.88. The highest BCUT2D eigenvalue weighted by Crippen LogP contribution is 2.20. The van der Waals surface area contributed by atoms with Gasteiger partial charge in [0.15, 0.2) is 5.76 Å². The molecule has 1 aliphatic rings. The zero-order chi connectivity index (χ0) is 15.4. The van der Waals surface area contributed by atoms with Gasteiger partial charge in [-0.15, -0.1) is 11.3 Å². The number of hydrogen-bond acceptors (Lipinski definition) is 4. The Labute approximate surface area is 133 Å². The SMILES string of the molecule is CC(NC(=O)c1ccco1)C(c1cccs1)[NH+]1CCOCC1. The van der Waals surface area contributed by atoms with Crippen LogP contribution in [0.5, 0.6) is 0 Å². The van der Waals surface area contributed by atoms with Crippen LogP contribution in [0.4, 0.5) is 0 Å². The number of rotatable bonds is 5. The number of quaternary nitrogens is 1. The first-order valence-electron chi connectivity index (χ1n) is 7.56. The summed E-state index contributed by atoms with van der Waals surface area (Å²) < 4.78 is 10.6. The third kappa shape index (κ3) is 3.40. The summed E-state index contributed by atoms with van der Waals surface area (Å²) >= 11 is 1.74. The van der Waals surface area contributed by atoms with Crippen LogP contribution in [0.1, 0.15) is 28.4 Å². The van der Waals surface area contributed by atoms with Crippen molar-refractivity contribution in [2.45, 2.75) is 19.0 Å². The average Bonchev–Trinajstić information content (AvgIpc) is 3.22. The van der Waals surface area contributed by atoms with Crippen molar-refractivity contribution in [3.63, 3.8) is 0 Å². The van der Waals surface area contributed by atoms with Crippen LogP contribution in [0, 0.1) is 0 Å². The Morgan fingerprint density at radius 2 is 2.14 bits per heavy atom. The highest BCUT2D eigenvalue weighted by Gasteiger charge is 2.33. The Morgan fingerprint density at radius 3 is 2.77 bits per heavy atom. The van der Waals surface area contributed by atoms with Crippen LogP contribution < -0.4 is 10.2 Å². The first-order valence-corrected chi connectivity index (χ1v) is 8.44. The normalized spacial score (nSPS) is 18.8. The Bertz CT molecular complexity index is 577. The minimum Gasteiger partial charge on any atom is -0.459 e. The van der Waals surface area contributed by atoms with E-state index in [1.807, 2.05) is 0 Å². The second-order valence-corrected chi connectivity index (χ2v) is 6.48. The number of thiophene rings is 1. The lowest BCUT2D eigenvalue weighted by atomic mass is 10.1. The van der Waals surface area contributed by atoms with Crippen LogP contribution in [0.15, 0.2) is 40.3 Å². The third-order valence-electron chi connectivity index (χ3n) is 4.03. The number of carbonyl (C=O) groups excluding carboxylic acids is 1. The number of amides is 1. The molecule has 1 amide bonds. The molecule has 6 heteroatoms. The molecule has 3 rings (SSSR count). The van der Waals surface area contributed by atoms with Crippen molar-refractivity contribution in [2.24, 2.45) is 0 Å². The maximum absolute atomic E-state index is 12.2. The van der Waals surface area contributed by atoms with E-state index in [1.54, 1.807) is 23.5 Å². The molecule has 2 aromatic heterocycles. The van der Waals surface area contributed by atoms with Gasteiger partial charge in [0.1, 0.15) is 19.1 Å². The van der Waals surface area contributed by atoms with E-state index in [0.29, 0.717) is 5.76 Å². The number of carbonyl (C=O) groups is 1. The second-order valence-electron chi connectivity index (χ2n) is 5.50. The molecule has 118 valence electrons. The molecule has 0 aromatic carbocycles. The van der Waals surface area contributed by atoms with Crippen molar-refractivity contribution >= 4 is 17.2 Å². The summed E-state index contributed by atoms with van der Waals surface area (Å²) in [5.74, 6) is 0.195. The van der Waals surface area contributed by atoms with Crippen LogP contribution >= 0.6 is 11.3 Å². The fourth-order valence-corrected chi connectivity index (χ4v) is 3.97. The van der Waals surface area contributed by atoms with Crippen molar-refractivity contribution in [1.29, 1.82) is 0 Å². The van der Waals surface area contributed by atoms with Gasteiger partial charge in [0.2, 0.25) is 0 Å². The van der Waals surface area contributed by atoms with E-state index in [9.17, 15) is 4.79 Å². The number of furan rings is 1. The standard InChI is InChI=1S/C16H20N2O3S/c1-12(17-16(19)13-4-2-8-21-13)15(14-5-3-11-22-14)18-6-9-20-10-7-18/h2-5,8,11-12,15H,6-7,9-10H2,1H3,(H,17,19)/p+1. The molecule has 2 unspecified atom stereocenters. The van der Waals surface area contributed by atoms with Gasteiger partial charge in [0.05, 0.1) is 30.4 Å². The lowest BCUT2D eigenvalue weighted by Crippen LogP contribution is -3.15. The Kier molecular flexibility index (Phi) is 4.92. The van der Waals surface area contributed by atoms with Crippen LogP contribution in [0.25, 0.3) is 0 Å². The summed E-state index contributed by atoms with van der Waals surface area (Å²) in [6.07, 6.45) is 1.52. The zero-order valence-electron chi connectivity index (χ0n) is 12.6. The Hall–Kier alpha value is -1.63. The predicted molar refractivity (Wildman–Crippen MR) is 84.2 cm³/mol. The smallest absolute Gasteiger partial charge is 0.287 e. The van der Waals surface area contributed by atoms with Crippen LogP contribution in [-0.4, -0.2) is 38.3 Å². The number of morpholine rings is 1. The molecule has 2 aromatic rings. The molecule has 1 fully saturated rings. The molecule has 1 aliphatic heterocycles. The van der Waals surface area contributed by atoms with Gasteiger partial charge >= 0.3 is 0 Å². The van der Waals surface area contributed by atoms with Crippen molar-refractivity contribution in [1.82, 2.24) is 5.32 Å². The zero-order valence-corrected chi connectivity index (χ0v) is 13.4. The van der Waals surface area contributed by atoms with Crippen molar-refractivity contribution in [2.75, 3.05) is 26.3 Å². The Balaban J connectivity index is 1.74. The fraction of sp³-hybridized carbons (Fsp3) is 0.438. The van der Waals surface area contributed by atoms with E-state index in [-0.39, 0.29) is 18.0 Å².